The molecule has 0 spiro atoms. The number of rotatable bonds is 4. The van der Waals surface area contributed by atoms with Crippen molar-refractivity contribution < 1.29 is 9.78 Å². The van der Waals surface area contributed by atoms with Crippen molar-refractivity contribution in [3.05, 3.63) is 29.8 Å². The summed E-state index contributed by atoms with van der Waals surface area (Å²) in [5.41, 5.74) is 1.33. The molecule has 0 saturated carbocycles. The van der Waals surface area contributed by atoms with Gasteiger partial charge in [0.05, 0.1) is 7.11 Å². The SMILES string of the molecule is CCCc1ccc(OOC)cc1. The third-order valence-corrected chi connectivity index (χ3v) is 1.64. The van der Waals surface area contributed by atoms with E-state index in [1.54, 1.807) is 0 Å². The quantitative estimate of drug-likeness (QED) is 0.505. The lowest BCUT2D eigenvalue weighted by Gasteiger charge is -2.01. The fraction of sp³-hybridized carbons (Fsp3) is 0.400. The summed E-state index contributed by atoms with van der Waals surface area (Å²) >= 11 is 0. The van der Waals surface area contributed by atoms with Crippen LogP contribution in [0.5, 0.6) is 5.75 Å². The highest BCUT2D eigenvalue weighted by atomic mass is 17.2. The van der Waals surface area contributed by atoms with E-state index in [4.69, 9.17) is 4.89 Å². The first-order chi connectivity index (χ1) is 5.86. The normalized spacial score (nSPS) is 9.83. The summed E-state index contributed by atoms with van der Waals surface area (Å²) in [6, 6.07) is 7.93. The van der Waals surface area contributed by atoms with Crippen molar-refractivity contribution in [1.29, 1.82) is 0 Å². The summed E-state index contributed by atoms with van der Waals surface area (Å²) in [6.07, 6.45) is 2.29. The predicted molar refractivity (Wildman–Crippen MR) is 48.1 cm³/mol. The van der Waals surface area contributed by atoms with Crippen LogP contribution in [0.2, 0.25) is 0 Å². The molecule has 0 N–H and O–H groups in total. The minimum absolute atomic E-state index is 0.748. The number of hydrogen-bond donors (Lipinski definition) is 0. The highest BCUT2D eigenvalue weighted by Gasteiger charge is 1.93. The van der Waals surface area contributed by atoms with Crippen molar-refractivity contribution in [2.45, 2.75) is 19.8 Å². The molecule has 0 bridgehead atoms. The van der Waals surface area contributed by atoms with Crippen molar-refractivity contribution in [1.82, 2.24) is 0 Å². The molecule has 0 heterocycles. The van der Waals surface area contributed by atoms with E-state index in [0.717, 1.165) is 12.2 Å². The standard InChI is InChI=1S/C10H14O2/c1-3-4-9-5-7-10(8-6-9)12-11-2/h5-8H,3-4H2,1-2H3. The van der Waals surface area contributed by atoms with Crippen LogP contribution in [0.3, 0.4) is 0 Å². The second-order valence-electron chi connectivity index (χ2n) is 2.64. The Hall–Kier alpha value is -1.02. The van der Waals surface area contributed by atoms with E-state index >= 15 is 0 Å². The molecule has 12 heavy (non-hydrogen) atoms. The number of aryl methyl sites for hydroxylation is 1. The zero-order chi connectivity index (χ0) is 8.81. The molecule has 0 aliphatic rings. The zero-order valence-corrected chi connectivity index (χ0v) is 7.54. The van der Waals surface area contributed by atoms with Crippen LogP contribution in [0.25, 0.3) is 0 Å². The molecule has 0 atom stereocenters. The van der Waals surface area contributed by atoms with Crippen molar-refractivity contribution >= 4 is 0 Å². The second kappa shape index (κ2) is 4.78. The van der Waals surface area contributed by atoms with Crippen LogP contribution in [0.15, 0.2) is 24.3 Å². The molecule has 0 aliphatic heterocycles. The minimum Gasteiger partial charge on any atom is -0.338 e. The first-order valence-corrected chi connectivity index (χ1v) is 4.16. The Balaban J connectivity index is 2.58. The van der Waals surface area contributed by atoms with E-state index in [0.29, 0.717) is 0 Å². The number of benzene rings is 1. The van der Waals surface area contributed by atoms with Gasteiger partial charge in [0, 0.05) is 0 Å². The van der Waals surface area contributed by atoms with Gasteiger partial charge in [-0.1, -0.05) is 25.5 Å². The van der Waals surface area contributed by atoms with Gasteiger partial charge in [0.15, 0.2) is 5.75 Å². The third kappa shape index (κ3) is 2.55. The molecule has 0 fully saturated rings. The molecule has 1 aromatic rings. The molecular weight excluding hydrogens is 152 g/mol. The van der Waals surface area contributed by atoms with Gasteiger partial charge in [0.1, 0.15) is 0 Å². The van der Waals surface area contributed by atoms with Crippen molar-refractivity contribution in [3.8, 4) is 5.75 Å². The van der Waals surface area contributed by atoms with Gasteiger partial charge in [0.2, 0.25) is 0 Å². The smallest absolute Gasteiger partial charge is 0.165 e. The molecule has 0 unspecified atom stereocenters. The maximum absolute atomic E-state index is 4.84. The molecule has 2 nitrogen and oxygen atoms in total. The Labute approximate surface area is 73.0 Å². The average molecular weight is 166 g/mol. The van der Waals surface area contributed by atoms with Gasteiger partial charge in [-0.05, 0) is 24.1 Å². The summed E-state index contributed by atoms with van der Waals surface area (Å²) in [5.74, 6) is 0.748. The largest absolute Gasteiger partial charge is 0.338 e. The Kier molecular flexibility index (Phi) is 3.61. The molecule has 0 radical (unpaired) electrons. The maximum Gasteiger partial charge on any atom is 0.165 e. The number of hydrogen-bond acceptors (Lipinski definition) is 2. The van der Waals surface area contributed by atoms with Crippen molar-refractivity contribution in [2.75, 3.05) is 7.11 Å². The van der Waals surface area contributed by atoms with Gasteiger partial charge in [0.25, 0.3) is 0 Å². The lowest BCUT2D eigenvalue weighted by molar-refractivity contribution is -0.178. The van der Waals surface area contributed by atoms with Crippen LogP contribution in [0, 0.1) is 0 Å². The molecule has 66 valence electrons. The summed E-state index contributed by atoms with van der Waals surface area (Å²) in [4.78, 5) is 9.37. The van der Waals surface area contributed by atoms with Crippen molar-refractivity contribution in [2.24, 2.45) is 0 Å². The fourth-order valence-electron chi connectivity index (χ4n) is 1.10. The van der Waals surface area contributed by atoms with Gasteiger partial charge in [-0.15, -0.1) is 0 Å². The zero-order valence-electron chi connectivity index (χ0n) is 7.54. The Bertz CT molecular complexity index is 191. The fourth-order valence-corrected chi connectivity index (χ4v) is 1.10. The Morgan fingerprint density at radius 1 is 1.17 bits per heavy atom. The van der Waals surface area contributed by atoms with E-state index in [1.807, 2.05) is 12.1 Å². The van der Waals surface area contributed by atoms with Crippen molar-refractivity contribution in [3.63, 3.8) is 0 Å². The van der Waals surface area contributed by atoms with E-state index < -0.39 is 0 Å². The van der Waals surface area contributed by atoms with E-state index in [1.165, 1.54) is 19.1 Å². The Morgan fingerprint density at radius 2 is 1.83 bits per heavy atom. The third-order valence-electron chi connectivity index (χ3n) is 1.64. The topological polar surface area (TPSA) is 18.5 Å². The highest BCUT2D eigenvalue weighted by molar-refractivity contribution is 5.26. The lowest BCUT2D eigenvalue weighted by atomic mass is 10.1. The molecule has 0 saturated heterocycles. The first kappa shape index (κ1) is 9.07. The maximum atomic E-state index is 4.84. The minimum atomic E-state index is 0.748. The molecular formula is C10H14O2. The first-order valence-electron chi connectivity index (χ1n) is 4.16. The van der Waals surface area contributed by atoms with Crippen LogP contribution in [-0.4, -0.2) is 7.11 Å². The van der Waals surface area contributed by atoms with Crippen LogP contribution in [0.1, 0.15) is 18.9 Å². The predicted octanol–water partition coefficient (Wildman–Crippen LogP) is 2.58. The van der Waals surface area contributed by atoms with E-state index in [-0.39, 0.29) is 0 Å². The summed E-state index contributed by atoms with van der Waals surface area (Å²) < 4.78 is 0. The van der Waals surface area contributed by atoms with Crippen LogP contribution < -0.4 is 4.89 Å². The van der Waals surface area contributed by atoms with Gasteiger partial charge >= 0.3 is 0 Å². The molecule has 0 amide bonds. The molecule has 1 rings (SSSR count). The summed E-state index contributed by atoms with van der Waals surface area (Å²) in [6.45, 7) is 2.17. The molecule has 0 aliphatic carbocycles. The second-order valence-corrected chi connectivity index (χ2v) is 2.64. The van der Waals surface area contributed by atoms with Crippen LogP contribution in [0.4, 0.5) is 0 Å². The highest BCUT2D eigenvalue weighted by Crippen LogP contribution is 2.12. The van der Waals surface area contributed by atoms with E-state index in [2.05, 4.69) is 23.9 Å². The molecule has 2 heteroatoms. The van der Waals surface area contributed by atoms with E-state index in [9.17, 15) is 0 Å². The summed E-state index contributed by atoms with van der Waals surface area (Å²) in [5, 5.41) is 0. The van der Waals surface area contributed by atoms with Gasteiger partial charge in [-0.25, -0.2) is 0 Å². The Morgan fingerprint density at radius 3 is 2.33 bits per heavy atom. The monoisotopic (exact) mass is 166 g/mol. The van der Waals surface area contributed by atoms with Gasteiger partial charge in [-0.3, -0.25) is 0 Å². The lowest BCUT2D eigenvalue weighted by Crippen LogP contribution is -1.90. The van der Waals surface area contributed by atoms with Gasteiger partial charge < -0.3 is 4.89 Å². The van der Waals surface area contributed by atoms with Gasteiger partial charge in [-0.2, -0.15) is 4.89 Å². The summed E-state index contributed by atoms with van der Waals surface area (Å²) in [7, 11) is 1.50. The average Bonchev–Trinajstić information content (AvgIpc) is 2.09. The van der Waals surface area contributed by atoms with Crippen LogP contribution in [-0.2, 0) is 11.3 Å². The molecule has 1 aromatic carbocycles. The molecule has 0 aromatic heterocycles. The van der Waals surface area contributed by atoms with Crippen LogP contribution >= 0.6 is 0 Å².